The van der Waals surface area contributed by atoms with Gasteiger partial charge >= 0.3 is 0 Å². The Bertz CT molecular complexity index is 1110. The molecule has 3 rings (SSSR count). The summed E-state index contributed by atoms with van der Waals surface area (Å²) in [6, 6.07) is 13.1. The number of rotatable bonds is 5. The molecule has 0 unspecified atom stereocenters. The van der Waals surface area contributed by atoms with Crippen molar-refractivity contribution in [2.75, 3.05) is 19.0 Å². The van der Waals surface area contributed by atoms with Crippen molar-refractivity contribution in [1.82, 2.24) is 9.29 Å². The highest BCUT2D eigenvalue weighted by atomic mass is 35.5. The first kappa shape index (κ1) is 20.5. The average Bonchev–Trinajstić information content (AvgIpc) is 3.08. The van der Waals surface area contributed by atoms with Gasteiger partial charge in [-0.3, -0.25) is 9.69 Å². The maximum absolute atomic E-state index is 13.4. The number of hydrogen-bond donors (Lipinski definition) is 0. The van der Waals surface area contributed by atoms with Crippen LogP contribution in [0.4, 0.5) is 10.8 Å². The Morgan fingerprint density at radius 2 is 1.79 bits per heavy atom. The average molecular weight is 436 g/mol. The van der Waals surface area contributed by atoms with Gasteiger partial charge in [0.05, 0.1) is 26.9 Å². The SMILES string of the molecule is Cc1csc(N(C(=O)c2cc(S(=O)(=O)N(C)C)ccc2Cl)c2ccccc2)n1. The zero-order valence-corrected chi connectivity index (χ0v) is 17.8. The second-order valence-corrected chi connectivity index (χ2v) is 9.57. The summed E-state index contributed by atoms with van der Waals surface area (Å²) in [5, 5.41) is 2.48. The van der Waals surface area contributed by atoms with Gasteiger partial charge in [-0.05, 0) is 37.3 Å². The third-order valence-corrected chi connectivity index (χ3v) is 7.05. The van der Waals surface area contributed by atoms with E-state index in [-0.39, 0.29) is 15.5 Å². The molecule has 0 radical (unpaired) electrons. The maximum atomic E-state index is 13.4. The van der Waals surface area contributed by atoms with Crippen molar-refractivity contribution in [3.63, 3.8) is 0 Å². The van der Waals surface area contributed by atoms with Crippen molar-refractivity contribution in [2.24, 2.45) is 0 Å². The Kier molecular flexibility index (Phi) is 5.85. The summed E-state index contributed by atoms with van der Waals surface area (Å²) in [6.45, 7) is 1.84. The Labute approximate surface area is 173 Å². The van der Waals surface area contributed by atoms with E-state index < -0.39 is 15.9 Å². The van der Waals surface area contributed by atoms with Gasteiger partial charge in [0, 0.05) is 19.5 Å². The van der Waals surface area contributed by atoms with Crippen LogP contribution in [0.2, 0.25) is 5.02 Å². The zero-order valence-electron chi connectivity index (χ0n) is 15.5. The van der Waals surface area contributed by atoms with E-state index in [1.807, 2.05) is 30.5 Å². The summed E-state index contributed by atoms with van der Waals surface area (Å²) in [6.07, 6.45) is 0. The molecule has 0 spiro atoms. The highest BCUT2D eigenvalue weighted by molar-refractivity contribution is 7.89. The number of carbonyl (C=O) groups excluding carboxylic acids is 1. The number of carbonyl (C=O) groups is 1. The summed E-state index contributed by atoms with van der Waals surface area (Å²) >= 11 is 7.59. The minimum absolute atomic E-state index is 0.00594. The van der Waals surface area contributed by atoms with Gasteiger partial charge in [0.1, 0.15) is 0 Å². The summed E-state index contributed by atoms with van der Waals surface area (Å²) in [5.41, 5.74) is 1.48. The molecule has 9 heteroatoms. The van der Waals surface area contributed by atoms with Crippen LogP contribution in [0.1, 0.15) is 16.1 Å². The van der Waals surface area contributed by atoms with Gasteiger partial charge in [-0.1, -0.05) is 29.8 Å². The molecule has 0 aliphatic heterocycles. The molecule has 1 aromatic heterocycles. The second kappa shape index (κ2) is 8.00. The van der Waals surface area contributed by atoms with Crippen molar-refractivity contribution in [3.05, 3.63) is 70.2 Å². The third-order valence-electron chi connectivity index (χ3n) is 3.96. The van der Waals surface area contributed by atoms with Gasteiger partial charge in [0.2, 0.25) is 10.0 Å². The molecule has 1 heterocycles. The summed E-state index contributed by atoms with van der Waals surface area (Å²) in [7, 11) is -0.848. The highest BCUT2D eigenvalue weighted by Gasteiger charge is 2.27. The minimum atomic E-state index is -3.71. The first-order valence-corrected chi connectivity index (χ1v) is 11.0. The lowest BCUT2D eigenvalue weighted by Gasteiger charge is -2.21. The summed E-state index contributed by atoms with van der Waals surface area (Å²) in [5.74, 6) is -0.457. The van der Waals surface area contributed by atoms with Gasteiger partial charge in [0.15, 0.2) is 5.13 Å². The smallest absolute Gasteiger partial charge is 0.266 e. The van der Waals surface area contributed by atoms with Crippen LogP contribution in [0.3, 0.4) is 0 Å². The number of nitrogens with zero attached hydrogens (tertiary/aromatic N) is 3. The lowest BCUT2D eigenvalue weighted by Crippen LogP contribution is -2.27. The van der Waals surface area contributed by atoms with Crippen molar-refractivity contribution in [2.45, 2.75) is 11.8 Å². The zero-order chi connectivity index (χ0) is 20.5. The number of halogens is 1. The standard InChI is InChI=1S/C19H18ClN3O3S2/c1-13-12-27-19(21-13)23(14-7-5-4-6-8-14)18(24)16-11-15(9-10-17(16)20)28(25,26)22(2)3/h4-12H,1-3H3. The molecule has 0 saturated carbocycles. The summed E-state index contributed by atoms with van der Waals surface area (Å²) < 4.78 is 26.0. The van der Waals surface area contributed by atoms with Gasteiger partial charge in [-0.2, -0.15) is 0 Å². The first-order valence-electron chi connectivity index (χ1n) is 8.25. The molecular weight excluding hydrogens is 418 g/mol. The van der Waals surface area contributed by atoms with Crippen LogP contribution < -0.4 is 4.90 Å². The number of benzene rings is 2. The normalized spacial score (nSPS) is 11.6. The van der Waals surface area contributed by atoms with E-state index in [9.17, 15) is 13.2 Å². The molecule has 146 valence electrons. The Morgan fingerprint density at radius 3 is 2.36 bits per heavy atom. The van der Waals surface area contributed by atoms with Gasteiger partial charge in [0.25, 0.3) is 5.91 Å². The van der Waals surface area contributed by atoms with Gasteiger partial charge < -0.3 is 0 Å². The van der Waals surface area contributed by atoms with Crippen molar-refractivity contribution >= 4 is 49.7 Å². The van der Waals surface area contributed by atoms with Crippen molar-refractivity contribution < 1.29 is 13.2 Å². The van der Waals surface area contributed by atoms with E-state index in [2.05, 4.69) is 4.98 Å². The topological polar surface area (TPSA) is 70.6 Å². The van der Waals surface area contributed by atoms with E-state index in [0.29, 0.717) is 10.8 Å². The maximum Gasteiger partial charge on any atom is 0.266 e. The predicted octanol–water partition coefficient (Wildman–Crippen LogP) is 4.33. The number of para-hydroxylation sites is 1. The van der Waals surface area contributed by atoms with Crippen molar-refractivity contribution in [3.8, 4) is 0 Å². The first-order chi connectivity index (χ1) is 13.2. The Hall–Kier alpha value is -2.26. The fourth-order valence-electron chi connectivity index (χ4n) is 2.50. The van der Waals surface area contributed by atoms with Crippen LogP contribution in [0, 0.1) is 6.92 Å². The molecule has 0 fully saturated rings. The summed E-state index contributed by atoms with van der Waals surface area (Å²) in [4.78, 5) is 19.3. The molecule has 28 heavy (non-hydrogen) atoms. The number of amides is 1. The quantitative estimate of drug-likeness (QED) is 0.597. The number of hydrogen-bond acceptors (Lipinski definition) is 5. The van der Waals surface area contributed by atoms with Crippen LogP contribution in [0.15, 0.2) is 58.8 Å². The van der Waals surface area contributed by atoms with E-state index in [1.54, 1.807) is 12.1 Å². The number of anilines is 2. The van der Waals surface area contributed by atoms with E-state index in [4.69, 9.17) is 11.6 Å². The molecule has 2 aromatic carbocycles. The number of sulfonamides is 1. The largest absolute Gasteiger partial charge is 0.268 e. The van der Waals surface area contributed by atoms with Crippen molar-refractivity contribution in [1.29, 1.82) is 0 Å². The van der Waals surface area contributed by atoms with E-state index in [0.717, 1.165) is 10.00 Å². The van der Waals surface area contributed by atoms with Crippen LogP contribution in [0.5, 0.6) is 0 Å². The molecule has 0 aliphatic carbocycles. The molecule has 3 aromatic rings. The second-order valence-electron chi connectivity index (χ2n) is 6.18. The number of aromatic nitrogens is 1. The lowest BCUT2D eigenvalue weighted by molar-refractivity contribution is 0.0999. The monoisotopic (exact) mass is 435 g/mol. The Morgan fingerprint density at radius 1 is 1.11 bits per heavy atom. The molecule has 0 atom stereocenters. The molecule has 0 N–H and O–H groups in total. The Balaban J connectivity index is 2.14. The molecule has 0 bridgehead atoms. The molecule has 0 aliphatic rings. The van der Waals surface area contributed by atoms with Crippen LogP contribution in [0.25, 0.3) is 0 Å². The molecular formula is C19H18ClN3O3S2. The third kappa shape index (κ3) is 3.95. The molecule has 0 saturated heterocycles. The fourth-order valence-corrected chi connectivity index (χ4v) is 4.44. The van der Waals surface area contributed by atoms with Crippen LogP contribution in [-0.4, -0.2) is 37.7 Å². The van der Waals surface area contributed by atoms with Gasteiger partial charge in [-0.15, -0.1) is 11.3 Å². The minimum Gasteiger partial charge on any atom is -0.268 e. The van der Waals surface area contributed by atoms with Gasteiger partial charge in [-0.25, -0.2) is 17.7 Å². The fraction of sp³-hybridized carbons (Fsp3) is 0.158. The predicted molar refractivity (Wildman–Crippen MR) is 112 cm³/mol. The molecule has 6 nitrogen and oxygen atoms in total. The number of thiazole rings is 1. The molecule has 1 amide bonds. The van der Waals surface area contributed by atoms with E-state index in [1.165, 1.54) is 48.5 Å². The van der Waals surface area contributed by atoms with E-state index >= 15 is 0 Å². The van der Waals surface area contributed by atoms with Crippen LogP contribution >= 0.6 is 22.9 Å². The number of aryl methyl sites for hydroxylation is 1. The lowest BCUT2D eigenvalue weighted by atomic mass is 10.2. The highest BCUT2D eigenvalue weighted by Crippen LogP contribution is 2.32. The van der Waals surface area contributed by atoms with Crippen LogP contribution in [-0.2, 0) is 10.0 Å².